The molecule has 0 amide bonds. The zero-order valence-corrected chi connectivity index (χ0v) is 39.0. The summed E-state index contributed by atoms with van der Waals surface area (Å²) >= 11 is 0. The minimum Gasteiger partial charge on any atom is -0.202 e. The van der Waals surface area contributed by atoms with Crippen LogP contribution >= 0.6 is 0 Å². The third kappa shape index (κ3) is 25.1. The monoisotopic (exact) mass is 771 g/mol. The fraction of sp³-hybridized carbons (Fsp3) is 0.556. The van der Waals surface area contributed by atoms with Crippen LogP contribution in [0, 0.1) is 32.6 Å². The van der Waals surface area contributed by atoms with Crippen molar-refractivity contribution in [1.29, 1.82) is 0 Å². The summed E-state index contributed by atoms with van der Waals surface area (Å²) in [7, 11) is 0. The standard InChI is InChI=1S/C13H20.C11H16.C9H10F2.C8H10.C7H14.C6H14/c1-9(2)12-6-11(5)7-13(8-12)10(3)4;1-9-5-7-10(8-6-9)11(2,3)4;1-7-3-5-8(6-4-7)9(2,10)11;1-2-8-6-4-3-5-7-8;1-7-5-3-2-4-6-7;1-4-6(3)5-2/h6-10H,1-5H3;5-8H,1-4H3;3-6H,1-2H3;3-7H,2H2,1H3;7H,2-6H2,1H3;6H,4-5H2,1-3H3. The van der Waals surface area contributed by atoms with Gasteiger partial charge in [0.15, 0.2) is 0 Å². The Hall–Kier alpha value is -3.26. The molecule has 0 unspecified atom stereocenters. The molecule has 56 heavy (non-hydrogen) atoms. The van der Waals surface area contributed by atoms with E-state index in [-0.39, 0.29) is 11.0 Å². The van der Waals surface area contributed by atoms with Gasteiger partial charge in [0.2, 0.25) is 0 Å². The highest BCUT2D eigenvalue weighted by Gasteiger charge is 2.23. The Bertz CT molecular complexity index is 1430. The van der Waals surface area contributed by atoms with Gasteiger partial charge in [0.05, 0.1) is 0 Å². The van der Waals surface area contributed by atoms with Crippen molar-refractivity contribution < 1.29 is 8.78 Å². The van der Waals surface area contributed by atoms with E-state index in [1.165, 1.54) is 90.5 Å². The van der Waals surface area contributed by atoms with Gasteiger partial charge in [-0.3, -0.25) is 0 Å². The highest BCUT2D eigenvalue weighted by molar-refractivity contribution is 5.33. The molecule has 1 aliphatic rings. The smallest absolute Gasteiger partial charge is 0.202 e. The molecule has 1 fully saturated rings. The van der Waals surface area contributed by atoms with Crippen molar-refractivity contribution in [2.24, 2.45) is 11.8 Å². The maximum Gasteiger partial charge on any atom is 0.270 e. The third-order valence-corrected chi connectivity index (χ3v) is 10.5. The van der Waals surface area contributed by atoms with E-state index in [0.29, 0.717) is 11.8 Å². The zero-order chi connectivity index (χ0) is 42.9. The van der Waals surface area contributed by atoms with Gasteiger partial charge < -0.3 is 0 Å². The van der Waals surface area contributed by atoms with Gasteiger partial charge in [-0.2, -0.15) is 0 Å². The Morgan fingerprint density at radius 3 is 1.23 bits per heavy atom. The number of alkyl halides is 2. The van der Waals surface area contributed by atoms with Crippen molar-refractivity contribution in [1.82, 2.24) is 0 Å². The highest BCUT2D eigenvalue weighted by atomic mass is 19.3. The Kier molecular flexibility index (Phi) is 26.5. The van der Waals surface area contributed by atoms with Crippen LogP contribution in [0.25, 0.3) is 0 Å². The average molecular weight is 771 g/mol. The van der Waals surface area contributed by atoms with E-state index in [9.17, 15) is 8.78 Å². The SMILES string of the molecule is CC1CCCCC1.CCC(C)CC.CCc1ccccc1.Cc1cc(C(C)C)cc(C(C)C)c1.Cc1ccc(C(C)(C)C)cc1.Cc1ccc(C(C)(F)F)cc1. The molecule has 0 spiro atoms. The van der Waals surface area contributed by atoms with Crippen LogP contribution in [0.5, 0.6) is 0 Å². The lowest BCUT2D eigenvalue weighted by atomic mass is 9.87. The van der Waals surface area contributed by atoms with Crippen LogP contribution in [0.3, 0.4) is 0 Å². The second-order valence-corrected chi connectivity index (χ2v) is 17.9. The lowest BCUT2D eigenvalue weighted by Gasteiger charge is -2.18. The second-order valence-electron chi connectivity index (χ2n) is 17.9. The van der Waals surface area contributed by atoms with E-state index < -0.39 is 5.92 Å². The number of hydrogen-bond donors (Lipinski definition) is 0. The Labute approximate surface area is 346 Å². The maximum atomic E-state index is 12.6. The van der Waals surface area contributed by atoms with Crippen molar-refractivity contribution >= 4 is 0 Å². The maximum absolute atomic E-state index is 12.6. The summed E-state index contributed by atoms with van der Waals surface area (Å²) in [4.78, 5) is 0. The van der Waals surface area contributed by atoms with Gasteiger partial charge in [-0.15, -0.1) is 0 Å². The molecule has 4 aromatic carbocycles. The second kappa shape index (κ2) is 28.2. The van der Waals surface area contributed by atoms with Crippen LogP contribution in [0.4, 0.5) is 8.78 Å². The van der Waals surface area contributed by atoms with Crippen molar-refractivity contribution in [3.8, 4) is 0 Å². The van der Waals surface area contributed by atoms with Gasteiger partial charge in [0, 0.05) is 12.5 Å². The van der Waals surface area contributed by atoms with Crippen LogP contribution in [0.15, 0.2) is 97.1 Å². The zero-order valence-electron chi connectivity index (χ0n) is 39.0. The number of hydrogen-bond acceptors (Lipinski definition) is 0. The summed E-state index contributed by atoms with van der Waals surface area (Å²) in [6.07, 6.45) is 11.2. The van der Waals surface area contributed by atoms with Crippen molar-refractivity contribution in [3.63, 3.8) is 0 Å². The number of aryl methyl sites for hydroxylation is 4. The van der Waals surface area contributed by atoms with Crippen molar-refractivity contribution in [3.05, 3.63) is 142 Å². The molecule has 1 aliphatic carbocycles. The molecule has 1 saturated carbocycles. The molecule has 0 radical (unpaired) electrons. The summed E-state index contributed by atoms with van der Waals surface area (Å²) in [6.45, 7) is 34.0. The molecule has 0 heterocycles. The van der Waals surface area contributed by atoms with Crippen LogP contribution < -0.4 is 0 Å². The van der Waals surface area contributed by atoms with Crippen molar-refractivity contribution in [2.75, 3.05) is 0 Å². The first-order valence-electron chi connectivity index (χ1n) is 21.8. The molecule has 314 valence electrons. The van der Waals surface area contributed by atoms with E-state index in [1.54, 1.807) is 12.1 Å². The molecule has 0 bridgehead atoms. The van der Waals surface area contributed by atoms with Gasteiger partial charge >= 0.3 is 0 Å². The molecular formula is C54H84F2. The lowest BCUT2D eigenvalue weighted by Crippen LogP contribution is -2.10. The summed E-state index contributed by atoms with van der Waals surface area (Å²) in [5.41, 5.74) is 9.81. The molecule has 5 rings (SSSR count). The third-order valence-electron chi connectivity index (χ3n) is 10.5. The van der Waals surface area contributed by atoms with Gasteiger partial charge in [0.1, 0.15) is 0 Å². The predicted molar refractivity (Wildman–Crippen MR) is 248 cm³/mol. The Morgan fingerprint density at radius 1 is 0.554 bits per heavy atom. The minimum atomic E-state index is -2.71. The van der Waals surface area contributed by atoms with Gasteiger partial charge in [0.25, 0.3) is 5.92 Å². The quantitative estimate of drug-likeness (QED) is 0.183. The normalized spacial score (nSPS) is 12.7. The van der Waals surface area contributed by atoms with Crippen LogP contribution in [0.2, 0.25) is 0 Å². The molecule has 0 aromatic heterocycles. The topological polar surface area (TPSA) is 0 Å². The predicted octanol–water partition coefficient (Wildman–Crippen LogP) is 17.9. The lowest BCUT2D eigenvalue weighted by molar-refractivity contribution is 0.0174. The molecule has 0 nitrogen and oxygen atoms in total. The first-order valence-corrected chi connectivity index (χ1v) is 21.8. The van der Waals surface area contributed by atoms with E-state index in [1.807, 2.05) is 13.0 Å². The molecule has 4 aromatic rings. The fourth-order valence-electron chi connectivity index (χ4n) is 5.72. The number of rotatable bonds is 6. The molecular weight excluding hydrogens is 687 g/mol. The highest BCUT2D eigenvalue weighted by Crippen LogP contribution is 2.27. The van der Waals surface area contributed by atoms with Gasteiger partial charge in [-0.1, -0.05) is 242 Å². The van der Waals surface area contributed by atoms with Crippen LogP contribution in [-0.2, 0) is 17.8 Å². The van der Waals surface area contributed by atoms with Crippen LogP contribution in [-0.4, -0.2) is 0 Å². The van der Waals surface area contributed by atoms with E-state index >= 15 is 0 Å². The van der Waals surface area contributed by atoms with Crippen molar-refractivity contribution in [2.45, 2.75) is 185 Å². The first-order chi connectivity index (χ1) is 26.1. The fourth-order valence-corrected chi connectivity index (χ4v) is 5.72. The summed E-state index contributed by atoms with van der Waals surface area (Å²) in [5, 5.41) is 0. The minimum absolute atomic E-state index is 0.0723. The summed E-state index contributed by atoms with van der Waals surface area (Å²) < 4.78 is 25.2. The van der Waals surface area contributed by atoms with E-state index in [2.05, 4.69) is 164 Å². The number of benzene rings is 4. The Morgan fingerprint density at radius 2 is 0.964 bits per heavy atom. The molecule has 0 aliphatic heterocycles. The van der Waals surface area contributed by atoms with E-state index in [4.69, 9.17) is 0 Å². The molecule has 0 saturated heterocycles. The van der Waals surface area contributed by atoms with Gasteiger partial charge in [-0.05, 0) is 78.5 Å². The average Bonchev–Trinajstić information content (AvgIpc) is 3.16. The van der Waals surface area contributed by atoms with Crippen LogP contribution in [0.1, 0.15) is 191 Å². The first kappa shape index (κ1) is 52.7. The molecule has 2 heteroatoms. The number of halogens is 2. The van der Waals surface area contributed by atoms with E-state index in [0.717, 1.165) is 30.7 Å². The molecule has 0 atom stereocenters. The Balaban J connectivity index is 0.000000660. The summed E-state index contributed by atoms with van der Waals surface area (Å²) in [5.74, 6) is 0.529. The largest absolute Gasteiger partial charge is 0.270 e. The molecule has 0 N–H and O–H groups in total. The van der Waals surface area contributed by atoms with Gasteiger partial charge in [-0.25, -0.2) is 8.78 Å². The summed E-state index contributed by atoms with van der Waals surface area (Å²) in [6, 6.07) is 32.4.